The zero-order valence-electron chi connectivity index (χ0n) is 11.5. The summed E-state index contributed by atoms with van der Waals surface area (Å²) in [6.45, 7) is 6.09. The summed E-state index contributed by atoms with van der Waals surface area (Å²) < 4.78 is 0. The van der Waals surface area contributed by atoms with E-state index in [2.05, 4.69) is 19.2 Å². The van der Waals surface area contributed by atoms with Gasteiger partial charge in [-0.25, -0.2) is 0 Å². The maximum absolute atomic E-state index is 11.9. The van der Waals surface area contributed by atoms with Crippen LogP contribution in [0.25, 0.3) is 0 Å². The summed E-state index contributed by atoms with van der Waals surface area (Å²) in [5.41, 5.74) is 2.41. The highest BCUT2D eigenvalue weighted by molar-refractivity contribution is 6.31. The molecule has 0 saturated carbocycles. The summed E-state index contributed by atoms with van der Waals surface area (Å²) in [5, 5.41) is 13.8. The molecule has 1 aromatic carbocycles. The Kier molecular flexibility index (Phi) is 4.16. The van der Waals surface area contributed by atoms with E-state index < -0.39 is 6.10 Å². The molecule has 0 fully saturated rings. The van der Waals surface area contributed by atoms with Gasteiger partial charge in [-0.15, -0.1) is 0 Å². The molecule has 1 aromatic rings. The van der Waals surface area contributed by atoms with E-state index in [0.717, 1.165) is 23.2 Å². The number of amides is 1. The largest absolute Gasteiger partial charge is 0.388 e. The minimum absolute atomic E-state index is 0.00207. The van der Waals surface area contributed by atoms with Gasteiger partial charge in [0.2, 0.25) is 5.91 Å². The van der Waals surface area contributed by atoms with Crippen molar-refractivity contribution in [1.82, 2.24) is 0 Å². The molecule has 2 rings (SSSR count). The van der Waals surface area contributed by atoms with Crippen LogP contribution in [-0.4, -0.2) is 11.0 Å². The third kappa shape index (κ3) is 2.77. The second kappa shape index (κ2) is 5.51. The minimum atomic E-state index is -0.594. The Bertz CT molecular complexity index is 499. The molecule has 2 unspecified atom stereocenters. The quantitative estimate of drug-likeness (QED) is 0.880. The number of hydrogen-bond donors (Lipinski definition) is 2. The lowest BCUT2D eigenvalue weighted by atomic mass is 9.92. The fraction of sp³-hybridized carbons (Fsp3) is 0.533. The van der Waals surface area contributed by atoms with Crippen LogP contribution in [0, 0.1) is 5.92 Å². The molecule has 0 bridgehead atoms. The summed E-state index contributed by atoms with van der Waals surface area (Å²) >= 11 is 6.13. The van der Waals surface area contributed by atoms with Gasteiger partial charge in [0.15, 0.2) is 0 Å². The lowest BCUT2D eigenvalue weighted by Crippen LogP contribution is -2.11. The smallest absolute Gasteiger partial charge is 0.232 e. The van der Waals surface area contributed by atoms with Crippen LogP contribution in [0.2, 0.25) is 5.02 Å². The van der Waals surface area contributed by atoms with E-state index >= 15 is 0 Å². The van der Waals surface area contributed by atoms with E-state index in [9.17, 15) is 9.90 Å². The van der Waals surface area contributed by atoms with Gasteiger partial charge in [0.1, 0.15) is 0 Å². The molecule has 0 saturated heterocycles. The van der Waals surface area contributed by atoms with Gasteiger partial charge in [-0.1, -0.05) is 32.4 Å². The standard InChI is InChI=1S/C15H20ClNO2/c1-4-10-11-6-9(16)7-12(13(18)5-8(2)3)14(11)17-15(10)19/h6-8,10,13,18H,4-5H2,1-3H3,(H,17,19). The summed E-state index contributed by atoms with van der Waals surface area (Å²) in [4.78, 5) is 11.9. The van der Waals surface area contributed by atoms with Crippen LogP contribution in [0.4, 0.5) is 5.69 Å². The summed E-state index contributed by atoms with van der Waals surface area (Å²) in [6, 6.07) is 3.58. The highest BCUT2D eigenvalue weighted by atomic mass is 35.5. The minimum Gasteiger partial charge on any atom is -0.388 e. The van der Waals surface area contributed by atoms with Crippen molar-refractivity contribution < 1.29 is 9.90 Å². The lowest BCUT2D eigenvalue weighted by Gasteiger charge is -2.17. The van der Waals surface area contributed by atoms with Crippen LogP contribution < -0.4 is 5.32 Å². The topological polar surface area (TPSA) is 49.3 Å². The van der Waals surface area contributed by atoms with Crippen molar-refractivity contribution in [3.8, 4) is 0 Å². The predicted molar refractivity (Wildman–Crippen MR) is 77.5 cm³/mol. The van der Waals surface area contributed by atoms with Gasteiger partial charge in [-0.3, -0.25) is 4.79 Å². The number of anilines is 1. The fourth-order valence-electron chi connectivity index (χ4n) is 2.66. The van der Waals surface area contributed by atoms with Crippen molar-refractivity contribution >= 4 is 23.2 Å². The van der Waals surface area contributed by atoms with E-state index in [-0.39, 0.29) is 11.8 Å². The van der Waals surface area contributed by atoms with Crippen molar-refractivity contribution in [2.75, 3.05) is 5.32 Å². The van der Waals surface area contributed by atoms with E-state index in [1.165, 1.54) is 0 Å². The average Bonchev–Trinajstić information content (AvgIpc) is 2.62. The number of rotatable bonds is 4. The first-order valence-corrected chi connectivity index (χ1v) is 7.14. The Morgan fingerprint density at radius 1 is 1.42 bits per heavy atom. The Balaban J connectivity index is 2.44. The van der Waals surface area contributed by atoms with E-state index in [1.54, 1.807) is 6.07 Å². The Morgan fingerprint density at radius 2 is 2.11 bits per heavy atom. The Labute approximate surface area is 119 Å². The van der Waals surface area contributed by atoms with Gasteiger partial charge in [0.25, 0.3) is 0 Å². The van der Waals surface area contributed by atoms with E-state index in [4.69, 9.17) is 11.6 Å². The molecule has 1 heterocycles. The number of carbonyl (C=O) groups excluding carboxylic acids is 1. The molecule has 2 N–H and O–H groups in total. The van der Waals surface area contributed by atoms with Gasteiger partial charge in [-0.05, 0) is 36.5 Å². The van der Waals surface area contributed by atoms with Crippen molar-refractivity contribution in [2.45, 2.75) is 45.6 Å². The van der Waals surface area contributed by atoms with Crippen LogP contribution in [0.3, 0.4) is 0 Å². The van der Waals surface area contributed by atoms with Gasteiger partial charge in [-0.2, -0.15) is 0 Å². The number of benzene rings is 1. The molecule has 19 heavy (non-hydrogen) atoms. The first kappa shape index (κ1) is 14.4. The van der Waals surface area contributed by atoms with Crippen LogP contribution in [-0.2, 0) is 4.79 Å². The number of carbonyl (C=O) groups is 1. The second-order valence-electron chi connectivity index (χ2n) is 5.55. The maximum Gasteiger partial charge on any atom is 0.232 e. The monoisotopic (exact) mass is 281 g/mol. The van der Waals surface area contributed by atoms with Gasteiger partial charge < -0.3 is 10.4 Å². The van der Waals surface area contributed by atoms with Crippen molar-refractivity contribution in [3.05, 3.63) is 28.3 Å². The first-order chi connectivity index (χ1) is 8.93. The van der Waals surface area contributed by atoms with Gasteiger partial charge >= 0.3 is 0 Å². The van der Waals surface area contributed by atoms with E-state index in [0.29, 0.717) is 17.4 Å². The lowest BCUT2D eigenvalue weighted by molar-refractivity contribution is -0.117. The molecule has 0 radical (unpaired) electrons. The SMILES string of the molecule is CCC1C(=O)Nc2c(C(O)CC(C)C)cc(Cl)cc21. The molecule has 1 amide bonds. The summed E-state index contributed by atoms with van der Waals surface area (Å²) in [6.07, 6.45) is 0.793. The van der Waals surface area contributed by atoms with Gasteiger partial charge in [0, 0.05) is 10.6 Å². The molecule has 0 aliphatic carbocycles. The van der Waals surface area contributed by atoms with Crippen molar-refractivity contribution in [3.63, 3.8) is 0 Å². The predicted octanol–water partition coefficient (Wildman–Crippen LogP) is 3.87. The Morgan fingerprint density at radius 3 is 2.68 bits per heavy atom. The van der Waals surface area contributed by atoms with Crippen molar-refractivity contribution in [2.24, 2.45) is 5.92 Å². The number of nitrogens with one attached hydrogen (secondary N) is 1. The number of fused-ring (bicyclic) bond motifs is 1. The van der Waals surface area contributed by atoms with Crippen LogP contribution in [0.15, 0.2) is 12.1 Å². The second-order valence-corrected chi connectivity index (χ2v) is 5.99. The zero-order valence-corrected chi connectivity index (χ0v) is 12.3. The third-order valence-corrected chi connectivity index (χ3v) is 3.78. The third-order valence-electron chi connectivity index (χ3n) is 3.57. The first-order valence-electron chi connectivity index (χ1n) is 6.76. The fourth-order valence-corrected chi connectivity index (χ4v) is 2.90. The number of aliphatic hydroxyl groups is 1. The highest BCUT2D eigenvalue weighted by Gasteiger charge is 2.32. The summed E-state index contributed by atoms with van der Waals surface area (Å²) in [7, 11) is 0. The number of halogens is 1. The zero-order chi connectivity index (χ0) is 14.2. The maximum atomic E-state index is 11.9. The average molecular weight is 282 g/mol. The molecule has 0 spiro atoms. The molecule has 1 aliphatic rings. The normalized spacial score (nSPS) is 19.5. The summed E-state index contributed by atoms with van der Waals surface area (Å²) in [5.74, 6) is 0.222. The van der Waals surface area contributed by atoms with Crippen molar-refractivity contribution in [1.29, 1.82) is 0 Å². The van der Waals surface area contributed by atoms with Crippen LogP contribution >= 0.6 is 11.6 Å². The van der Waals surface area contributed by atoms with Crippen LogP contribution in [0.1, 0.15) is 56.8 Å². The molecule has 3 nitrogen and oxygen atoms in total. The number of aliphatic hydroxyl groups excluding tert-OH is 1. The number of hydrogen-bond acceptors (Lipinski definition) is 2. The Hall–Kier alpha value is -1.06. The molecular weight excluding hydrogens is 262 g/mol. The van der Waals surface area contributed by atoms with Crippen LogP contribution in [0.5, 0.6) is 0 Å². The molecule has 0 aromatic heterocycles. The highest BCUT2D eigenvalue weighted by Crippen LogP contribution is 2.42. The molecule has 104 valence electrons. The van der Waals surface area contributed by atoms with E-state index in [1.807, 2.05) is 13.0 Å². The molecule has 2 atom stereocenters. The molecule has 1 aliphatic heterocycles. The van der Waals surface area contributed by atoms with Gasteiger partial charge in [0.05, 0.1) is 17.7 Å². The molecular formula is C15H20ClNO2. The molecule has 4 heteroatoms.